The van der Waals surface area contributed by atoms with Gasteiger partial charge in [0.15, 0.2) is 5.82 Å². The van der Waals surface area contributed by atoms with E-state index < -0.39 is 28.8 Å². The zero-order valence-corrected chi connectivity index (χ0v) is 24.9. The number of hydrogen-bond donors (Lipinski definition) is 2. The number of aryl methyl sites for hydroxylation is 1. The van der Waals surface area contributed by atoms with Gasteiger partial charge in [0.05, 0.1) is 27.4 Å². The summed E-state index contributed by atoms with van der Waals surface area (Å²) in [6.45, 7) is 5.05. The van der Waals surface area contributed by atoms with Crippen molar-refractivity contribution in [3.8, 4) is 17.3 Å². The summed E-state index contributed by atoms with van der Waals surface area (Å²) in [5.41, 5.74) is -2.41. The molecule has 2 aromatic heterocycles. The fourth-order valence-electron chi connectivity index (χ4n) is 7.65. The Balaban J connectivity index is 1.39. The Morgan fingerprint density at radius 3 is 2.44 bits per heavy atom. The highest BCUT2D eigenvalue weighted by atomic mass is 35.5. The molecule has 3 aromatic rings. The fraction of sp³-hybridized carbons (Fsp3) is 0.567. The lowest BCUT2D eigenvalue weighted by molar-refractivity contribution is -0.137. The van der Waals surface area contributed by atoms with Crippen molar-refractivity contribution in [3.05, 3.63) is 34.1 Å². The summed E-state index contributed by atoms with van der Waals surface area (Å²) in [4.78, 5) is 18.0. The number of aromatic nitrogens is 3. The van der Waals surface area contributed by atoms with Gasteiger partial charge < -0.3 is 20.3 Å². The molecule has 4 aliphatic heterocycles. The molecule has 2 N–H and O–H groups in total. The van der Waals surface area contributed by atoms with Gasteiger partial charge in [-0.25, -0.2) is 9.37 Å². The quantitative estimate of drug-likeness (QED) is 0.335. The number of pyridine rings is 1. The molecule has 2 unspecified atom stereocenters. The lowest BCUT2D eigenvalue weighted by Gasteiger charge is -2.35. The largest absolute Gasteiger partial charge is 0.461 e. The minimum atomic E-state index is -4.79. The monoisotopic (exact) mass is 619 g/mol. The van der Waals surface area contributed by atoms with E-state index in [1.165, 1.54) is 26.1 Å². The zero-order valence-electron chi connectivity index (χ0n) is 24.1. The molecule has 7 rings (SSSR count). The Morgan fingerprint density at radius 1 is 1.09 bits per heavy atom. The van der Waals surface area contributed by atoms with Gasteiger partial charge in [0.25, 0.3) is 0 Å². The van der Waals surface area contributed by atoms with Crippen molar-refractivity contribution in [1.29, 1.82) is 0 Å². The molecule has 6 heterocycles. The molecule has 0 aliphatic carbocycles. The summed E-state index contributed by atoms with van der Waals surface area (Å²) in [5.74, 6) is -0.347. The van der Waals surface area contributed by atoms with E-state index in [0.717, 1.165) is 51.6 Å². The Labute approximate surface area is 252 Å². The van der Waals surface area contributed by atoms with Gasteiger partial charge in [-0.2, -0.15) is 23.1 Å². The number of anilines is 2. The number of nitrogens with zero attached hydrogens (tertiary/aromatic N) is 5. The average Bonchev–Trinajstić information content (AvgIpc) is 3.64. The molecule has 2 bridgehead atoms. The summed E-state index contributed by atoms with van der Waals surface area (Å²) in [5, 5.41) is 6.48. The van der Waals surface area contributed by atoms with Crippen LogP contribution >= 0.6 is 11.6 Å². The van der Waals surface area contributed by atoms with Gasteiger partial charge in [0, 0.05) is 37.6 Å². The SMILES string of the molecule is CNc1cc(C)c(C(F)(F)F)c(-c2c(Cl)cc3c(N4CC5CCC(C4)N5)nc(OCC45CCCN4CCC5)nc3c2F)n1. The van der Waals surface area contributed by atoms with Gasteiger partial charge in [-0.15, -0.1) is 0 Å². The first-order valence-corrected chi connectivity index (χ1v) is 15.3. The third kappa shape index (κ3) is 4.95. The summed E-state index contributed by atoms with van der Waals surface area (Å²) >= 11 is 6.65. The minimum Gasteiger partial charge on any atom is -0.461 e. The van der Waals surface area contributed by atoms with Gasteiger partial charge in [-0.3, -0.25) is 4.90 Å². The molecule has 4 aliphatic rings. The highest BCUT2D eigenvalue weighted by Gasteiger charge is 2.45. The molecule has 0 radical (unpaired) electrons. The molecule has 43 heavy (non-hydrogen) atoms. The van der Waals surface area contributed by atoms with Crippen LogP contribution < -0.4 is 20.3 Å². The van der Waals surface area contributed by atoms with Crippen LogP contribution in [0.15, 0.2) is 12.1 Å². The zero-order chi connectivity index (χ0) is 30.1. The van der Waals surface area contributed by atoms with E-state index in [4.69, 9.17) is 21.3 Å². The Bertz CT molecular complexity index is 1560. The second-order valence-corrected chi connectivity index (χ2v) is 12.7. The number of alkyl halides is 3. The minimum absolute atomic E-state index is 0.0119. The van der Waals surface area contributed by atoms with E-state index in [1.807, 2.05) is 0 Å². The fourth-order valence-corrected chi connectivity index (χ4v) is 7.93. The van der Waals surface area contributed by atoms with Crippen molar-refractivity contribution in [1.82, 2.24) is 25.2 Å². The van der Waals surface area contributed by atoms with Gasteiger partial charge in [-0.1, -0.05) is 11.6 Å². The molecule has 0 saturated carbocycles. The Kier molecular flexibility index (Phi) is 7.09. The van der Waals surface area contributed by atoms with Crippen LogP contribution in [0.25, 0.3) is 22.2 Å². The van der Waals surface area contributed by atoms with Crippen LogP contribution in [0.3, 0.4) is 0 Å². The third-order valence-electron chi connectivity index (χ3n) is 9.63. The average molecular weight is 620 g/mol. The predicted octanol–water partition coefficient (Wildman–Crippen LogP) is 5.80. The van der Waals surface area contributed by atoms with Crippen LogP contribution in [0.2, 0.25) is 5.02 Å². The number of hydrogen-bond acceptors (Lipinski definition) is 8. The lowest BCUT2D eigenvalue weighted by Crippen LogP contribution is -2.51. The van der Waals surface area contributed by atoms with Crippen LogP contribution in [-0.4, -0.2) is 77.3 Å². The van der Waals surface area contributed by atoms with Crippen molar-refractivity contribution >= 4 is 34.1 Å². The molecule has 2 atom stereocenters. The van der Waals surface area contributed by atoms with Crippen LogP contribution in [-0.2, 0) is 6.18 Å². The number of fused-ring (bicyclic) bond motifs is 4. The van der Waals surface area contributed by atoms with Crippen molar-refractivity contribution in [2.45, 2.75) is 69.2 Å². The standard InChI is InChI=1S/C30H34ClF4N7O/c1-16-11-21(36-2)38-26(23(16)30(33,34)35)22-20(31)12-19-25(24(22)32)39-28(43-15-29-7-3-9-42(29)10-4-8-29)40-27(19)41-13-17-5-6-18(14-41)37-17/h11-12,17-18,37H,3-10,13-15H2,1-2H3,(H,36,38). The number of rotatable bonds is 6. The van der Waals surface area contributed by atoms with Gasteiger partial charge >= 0.3 is 12.2 Å². The summed E-state index contributed by atoms with van der Waals surface area (Å²) in [6.07, 6.45) is 1.46. The first-order chi connectivity index (χ1) is 20.6. The number of halogens is 5. The molecule has 4 fully saturated rings. The number of benzene rings is 1. The molecular weight excluding hydrogens is 586 g/mol. The second-order valence-electron chi connectivity index (χ2n) is 12.3. The first-order valence-electron chi connectivity index (χ1n) is 14.9. The van der Waals surface area contributed by atoms with E-state index in [-0.39, 0.29) is 45.6 Å². The van der Waals surface area contributed by atoms with E-state index in [1.54, 1.807) is 0 Å². The number of nitrogens with one attached hydrogen (secondary N) is 2. The van der Waals surface area contributed by atoms with E-state index in [2.05, 4.69) is 30.4 Å². The summed E-state index contributed by atoms with van der Waals surface area (Å²) < 4.78 is 65.9. The number of ether oxygens (including phenoxy) is 1. The number of piperazine rings is 1. The van der Waals surface area contributed by atoms with Crippen LogP contribution in [0.4, 0.5) is 29.2 Å². The van der Waals surface area contributed by atoms with E-state index >= 15 is 4.39 Å². The highest BCUT2D eigenvalue weighted by molar-refractivity contribution is 6.34. The Morgan fingerprint density at radius 2 is 1.79 bits per heavy atom. The van der Waals surface area contributed by atoms with E-state index in [0.29, 0.717) is 30.9 Å². The molecular formula is C30H34ClF4N7O. The highest BCUT2D eigenvalue weighted by Crippen LogP contribution is 2.45. The molecule has 1 aromatic carbocycles. The molecule has 0 spiro atoms. The van der Waals surface area contributed by atoms with Gasteiger partial charge in [0.1, 0.15) is 23.8 Å². The van der Waals surface area contributed by atoms with Crippen LogP contribution in [0.5, 0.6) is 6.01 Å². The maximum Gasteiger partial charge on any atom is 0.418 e. The van der Waals surface area contributed by atoms with Crippen LogP contribution in [0.1, 0.15) is 49.7 Å². The summed E-state index contributed by atoms with van der Waals surface area (Å²) in [6, 6.07) is 3.29. The predicted molar refractivity (Wildman–Crippen MR) is 157 cm³/mol. The van der Waals surface area contributed by atoms with Crippen molar-refractivity contribution in [2.24, 2.45) is 0 Å². The molecule has 13 heteroatoms. The second kappa shape index (κ2) is 10.6. The van der Waals surface area contributed by atoms with Crippen molar-refractivity contribution in [3.63, 3.8) is 0 Å². The van der Waals surface area contributed by atoms with Crippen molar-refractivity contribution in [2.75, 3.05) is 50.1 Å². The molecule has 4 saturated heterocycles. The molecule has 0 amide bonds. The topological polar surface area (TPSA) is 78.4 Å². The first kappa shape index (κ1) is 28.8. The molecule has 230 valence electrons. The lowest BCUT2D eigenvalue weighted by atomic mass is 9.95. The third-order valence-corrected chi connectivity index (χ3v) is 9.93. The molecule has 8 nitrogen and oxygen atoms in total. The van der Waals surface area contributed by atoms with Crippen molar-refractivity contribution < 1.29 is 22.3 Å². The van der Waals surface area contributed by atoms with Gasteiger partial charge in [-0.05, 0) is 76.2 Å². The Hall–Kier alpha value is -2.96. The maximum absolute atomic E-state index is 16.7. The summed E-state index contributed by atoms with van der Waals surface area (Å²) in [7, 11) is 1.54. The van der Waals surface area contributed by atoms with Crippen LogP contribution in [0, 0.1) is 12.7 Å². The van der Waals surface area contributed by atoms with Gasteiger partial charge in [0.2, 0.25) is 0 Å². The smallest absolute Gasteiger partial charge is 0.418 e. The maximum atomic E-state index is 16.7. The normalized spacial score (nSPS) is 23.3. The van der Waals surface area contributed by atoms with E-state index in [9.17, 15) is 13.2 Å².